The van der Waals surface area contributed by atoms with Crippen LogP contribution in [0.1, 0.15) is 15.9 Å². The highest BCUT2D eigenvalue weighted by Gasteiger charge is 2.41. The monoisotopic (exact) mass is 452 g/mol. The Hall–Kier alpha value is -3.73. The van der Waals surface area contributed by atoms with Gasteiger partial charge < -0.3 is 35.2 Å². The fourth-order valence-electron chi connectivity index (χ4n) is 3.87. The van der Waals surface area contributed by atoms with Crippen molar-refractivity contribution in [2.24, 2.45) is 5.92 Å². The van der Waals surface area contributed by atoms with Crippen LogP contribution in [-0.2, 0) is 11.2 Å². The van der Waals surface area contributed by atoms with Gasteiger partial charge in [0.2, 0.25) is 5.91 Å². The largest absolute Gasteiger partial charge is 0.547 e. The number of carboxylic acid groups (broad SMARTS) is 1. The number of carbonyl (C=O) groups excluding carboxylic acids is 2. The van der Waals surface area contributed by atoms with Crippen LogP contribution in [0.5, 0.6) is 5.75 Å². The number of carboxylic acids is 1. The number of para-hydroxylation sites is 1. The molecular weight excluding hydrogens is 427 g/mol. The van der Waals surface area contributed by atoms with Gasteiger partial charge in [0, 0.05) is 38.6 Å². The lowest BCUT2D eigenvalue weighted by Crippen LogP contribution is -2.61. The molecule has 2 heterocycles. The molecule has 2 aromatic carbocycles. The maximum atomic E-state index is 12.6. The zero-order valence-electron chi connectivity index (χ0n) is 18.3. The van der Waals surface area contributed by atoms with Gasteiger partial charge in [-0.25, -0.2) is 9.59 Å². The predicted octanol–water partition coefficient (Wildman–Crippen LogP) is 1.05. The Morgan fingerprint density at radius 1 is 1.12 bits per heavy atom. The molecule has 0 aliphatic carbocycles. The van der Waals surface area contributed by atoms with E-state index in [9.17, 15) is 24.5 Å². The van der Waals surface area contributed by atoms with Gasteiger partial charge in [-0.3, -0.25) is 4.79 Å². The Bertz CT molecular complexity index is 1070. The van der Waals surface area contributed by atoms with Crippen molar-refractivity contribution in [3.05, 3.63) is 53.6 Å². The molecule has 33 heavy (non-hydrogen) atoms. The summed E-state index contributed by atoms with van der Waals surface area (Å²) in [5.74, 6) is -2.44. The Balaban J connectivity index is 1.29. The van der Waals surface area contributed by atoms with Crippen LogP contribution in [0.15, 0.2) is 42.5 Å². The molecule has 3 amide bonds. The minimum atomic E-state index is -1.37. The van der Waals surface area contributed by atoms with Gasteiger partial charge in [0.15, 0.2) is 0 Å². The molecule has 0 spiro atoms. The first-order valence-electron chi connectivity index (χ1n) is 10.6. The number of nitrogens with one attached hydrogen (secondary N) is 2. The zero-order chi connectivity index (χ0) is 23.7. The van der Waals surface area contributed by atoms with Gasteiger partial charge in [0.05, 0.1) is 17.4 Å². The van der Waals surface area contributed by atoms with Crippen molar-refractivity contribution in [2.45, 2.75) is 12.4 Å². The van der Waals surface area contributed by atoms with E-state index in [0.717, 1.165) is 5.69 Å². The quantitative estimate of drug-likeness (QED) is 0.499. The molecule has 1 unspecified atom stereocenters. The summed E-state index contributed by atoms with van der Waals surface area (Å²) in [6.45, 7) is 0.522. The number of nitrogens with zero attached hydrogens (tertiary/aromatic N) is 2. The first kappa shape index (κ1) is 22.5. The lowest BCUT2D eigenvalue weighted by Gasteiger charge is -2.39. The summed E-state index contributed by atoms with van der Waals surface area (Å²) in [7, 11) is 2.50. The number of urea groups is 1. The molecule has 11 heteroatoms. The number of fused-ring (bicyclic) bond motifs is 1. The summed E-state index contributed by atoms with van der Waals surface area (Å²) in [5.41, 5.74) is 2.25. The number of anilines is 2. The first-order chi connectivity index (χ1) is 15.7. The number of hydrogen-bond acceptors (Lipinski definition) is 6. The molecule has 1 fully saturated rings. The molecule has 0 saturated carbocycles. The van der Waals surface area contributed by atoms with Crippen LogP contribution < -0.4 is 20.2 Å². The van der Waals surface area contributed by atoms with E-state index in [-0.39, 0.29) is 42.8 Å². The number of amides is 3. The number of benzene rings is 2. The summed E-state index contributed by atoms with van der Waals surface area (Å²) in [5, 5.41) is 25.1. The van der Waals surface area contributed by atoms with E-state index < -0.39 is 24.9 Å². The van der Waals surface area contributed by atoms with Gasteiger partial charge in [-0.1, -0.05) is 12.1 Å². The van der Waals surface area contributed by atoms with Crippen molar-refractivity contribution in [3.8, 4) is 5.75 Å². The maximum Gasteiger partial charge on any atom is 0.547 e. The second-order valence-corrected chi connectivity index (χ2v) is 8.40. The van der Waals surface area contributed by atoms with Crippen molar-refractivity contribution in [2.75, 3.05) is 37.4 Å². The molecule has 1 atom stereocenters. The van der Waals surface area contributed by atoms with Gasteiger partial charge in [-0.05, 0) is 42.3 Å². The minimum Gasteiger partial charge on any atom is -0.534 e. The number of hydrogen-bond donors (Lipinski definition) is 4. The topological polar surface area (TPSA) is 131 Å². The summed E-state index contributed by atoms with van der Waals surface area (Å²) < 4.78 is 5.40. The fourth-order valence-corrected chi connectivity index (χ4v) is 3.87. The van der Waals surface area contributed by atoms with Crippen LogP contribution in [0.2, 0.25) is 0 Å². The van der Waals surface area contributed by atoms with E-state index in [1.54, 1.807) is 12.1 Å². The third-order valence-electron chi connectivity index (χ3n) is 5.85. The van der Waals surface area contributed by atoms with Gasteiger partial charge >= 0.3 is 19.1 Å². The van der Waals surface area contributed by atoms with Crippen molar-refractivity contribution >= 4 is 36.4 Å². The Kier molecular flexibility index (Phi) is 6.15. The van der Waals surface area contributed by atoms with E-state index in [4.69, 9.17) is 4.65 Å². The summed E-state index contributed by atoms with van der Waals surface area (Å²) in [6, 6.07) is 11.8. The lowest BCUT2D eigenvalue weighted by atomic mass is 9.72. The first-order valence-corrected chi connectivity index (χ1v) is 10.6. The lowest BCUT2D eigenvalue weighted by molar-refractivity contribution is -0.129. The highest BCUT2D eigenvalue weighted by atomic mass is 16.5. The third kappa shape index (κ3) is 4.72. The van der Waals surface area contributed by atoms with Crippen molar-refractivity contribution in [3.63, 3.8) is 0 Å². The number of likely N-dealkylation sites (tertiary alicyclic amines) is 1. The van der Waals surface area contributed by atoms with E-state index in [2.05, 4.69) is 10.6 Å². The van der Waals surface area contributed by atoms with E-state index in [1.807, 2.05) is 43.3 Å². The fraction of sp³-hybridized carbons (Fsp3) is 0.318. The molecule has 10 nitrogen and oxygen atoms in total. The number of rotatable bonds is 5. The molecular formula is C22H25BN4O6. The van der Waals surface area contributed by atoms with E-state index in [0.29, 0.717) is 11.3 Å². The number of aromatic carboxylic acids is 1. The second kappa shape index (κ2) is 9.03. The highest BCUT2D eigenvalue weighted by molar-refractivity contribution is 6.47. The average Bonchev–Trinajstić information content (AvgIpc) is 2.73. The molecule has 2 aromatic rings. The third-order valence-corrected chi connectivity index (χ3v) is 5.85. The minimum absolute atomic E-state index is 0.0340. The standard InChI is InChI=1S/C22H25BN4O6/c1-26(2)16-8-6-15(7-9-16)24-22(31)27-11-14(12-27)20(28)25-18-10-13-4-3-5-17(21(29)30)19(13)33-23(18)32/h3-9,14,18,32H,10-12H2,1-2H3,(H,24,31)(H,25,28)(H,29,30). The average molecular weight is 452 g/mol. The van der Waals surface area contributed by atoms with Crippen LogP contribution >= 0.6 is 0 Å². The maximum absolute atomic E-state index is 12.6. The molecule has 0 bridgehead atoms. The Morgan fingerprint density at radius 2 is 1.82 bits per heavy atom. The van der Waals surface area contributed by atoms with Crippen LogP contribution in [0, 0.1) is 5.92 Å². The van der Waals surface area contributed by atoms with Crippen molar-refractivity contribution in [1.29, 1.82) is 0 Å². The smallest absolute Gasteiger partial charge is 0.534 e. The molecule has 4 rings (SSSR count). The molecule has 172 valence electrons. The van der Waals surface area contributed by atoms with Crippen molar-refractivity contribution < 1.29 is 29.2 Å². The van der Waals surface area contributed by atoms with Crippen LogP contribution in [0.3, 0.4) is 0 Å². The normalized spacial score (nSPS) is 17.4. The molecule has 0 radical (unpaired) electrons. The molecule has 1 saturated heterocycles. The predicted molar refractivity (Wildman–Crippen MR) is 122 cm³/mol. The summed E-state index contributed by atoms with van der Waals surface area (Å²) in [4.78, 5) is 39.9. The summed E-state index contributed by atoms with van der Waals surface area (Å²) >= 11 is 0. The van der Waals surface area contributed by atoms with Gasteiger partial charge in [0.1, 0.15) is 5.75 Å². The Labute approximate surface area is 191 Å². The van der Waals surface area contributed by atoms with E-state index >= 15 is 0 Å². The molecule has 0 aromatic heterocycles. The molecule has 2 aliphatic heterocycles. The van der Waals surface area contributed by atoms with E-state index in [1.165, 1.54) is 11.0 Å². The zero-order valence-corrected chi connectivity index (χ0v) is 18.3. The molecule has 4 N–H and O–H groups in total. The van der Waals surface area contributed by atoms with Crippen LogP contribution in [-0.4, -0.2) is 73.2 Å². The van der Waals surface area contributed by atoms with Gasteiger partial charge in [-0.2, -0.15) is 0 Å². The number of carbonyl (C=O) groups is 3. The van der Waals surface area contributed by atoms with Gasteiger partial charge in [0.25, 0.3) is 0 Å². The van der Waals surface area contributed by atoms with Crippen LogP contribution in [0.25, 0.3) is 0 Å². The van der Waals surface area contributed by atoms with Crippen LogP contribution in [0.4, 0.5) is 16.2 Å². The van der Waals surface area contributed by atoms with Crippen molar-refractivity contribution in [1.82, 2.24) is 10.2 Å². The SMILES string of the molecule is CN(C)c1ccc(NC(=O)N2CC(C(=O)NC3Cc4cccc(C(=O)O)c4OB3O)C2)cc1. The highest BCUT2D eigenvalue weighted by Crippen LogP contribution is 2.30. The molecule has 2 aliphatic rings. The second-order valence-electron chi connectivity index (χ2n) is 8.40. The Morgan fingerprint density at radius 3 is 2.45 bits per heavy atom. The summed E-state index contributed by atoms with van der Waals surface area (Å²) in [6.07, 6.45) is 0.239. The van der Waals surface area contributed by atoms with Gasteiger partial charge in [-0.15, -0.1) is 0 Å².